The van der Waals surface area contributed by atoms with Gasteiger partial charge in [-0.2, -0.15) is 0 Å². The summed E-state index contributed by atoms with van der Waals surface area (Å²) in [5.41, 5.74) is 6.02. The molecule has 0 atom stereocenters. The fourth-order valence-corrected chi connectivity index (χ4v) is 1.32. The molecule has 0 fully saturated rings. The van der Waals surface area contributed by atoms with Crippen molar-refractivity contribution in [2.45, 2.75) is 13.5 Å². The molecular weight excluding hydrogens is 192 g/mol. The van der Waals surface area contributed by atoms with E-state index in [1.165, 1.54) is 11.3 Å². The third-order valence-corrected chi connectivity index (χ3v) is 1.94. The largest absolute Gasteiger partial charge is 0.515 e. The molecule has 0 amide bonds. The van der Waals surface area contributed by atoms with Crippen LogP contribution in [0.2, 0.25) is 0 Å². The second-order valence-electron chi connectivity index (χ2n) is 2.09. The van der Waals surface area contributed by atoms with Crippen LogP contribution in [0.3, 0.4) is 0 Å². The molecule has 0 saturated carbocycles. The first-order chi connectivity index (χ1) is 6.26. The van der Waals surface area contributed by atoms with E-state index in [-0.39, 0.29) is 11.8 Å². The molecule has 0 aliphatic heterocycles. The van der Waals surface area contributed by atoms with Crippen molar-refractivity contribution < 1.29 is 14.3 Å². The van der Waals surface area contributed by atoms with E-state index in [9.17, 15) is 4.79 Å². The van der Waals surface area contributed by atoms with E-state index in [0.29, 0.717) is 12.2 Å². The Morgan fingerprint density at radius 1 is 1.77 bits per heavy atom. The Bertz CT molecular complexity index is 287. The number of thiazole rings is 1. The first-order valence-corrected chi connectivity index (χ1v) is 4.63. The number of carbonyl (C=O) groups excluding carboxylic acids is 1. The van der Waals surface area contributed by atoms with Crippen LogP contribution in [0, 0.1) is 0 Å². The fraction of sp³-hybridized carbons (Fsp3) is 0.429. The van der Waals surface area contributed by atoms with Crippen molar-refractivity contribution in [2.24, 2.45) is 5.73 Å². The number of nitrogens with two attached hydrogens (primary N) is 1. The zero-order valence-electron chi connectivity index (χ0n) is 7.15. The van der Waals surface area contributed by atoms with Gasteiger partial charge in [0.25, 0.3) is 5.19 Å². The van der Waals surface area contributed by atoms with E-state index in [1.54, 1.807) is 12.3 Å². The summed E-state index contributed by atoms with van der Waals surface area (Å²) >= 11 is 1.21. The van der Waals surface area contributed by atoms with Gasteiger partial charge in [0.05, 0.1) is 12.3 Å². The summed E-state index contributed by atoms with van der Waals surface area (Å²) in [5, 5.41) is 1.99. The lowest BCUT2D eigenvalue weighted by molar-refractivity contribution is 0.104. The van der Waals surface area contributed by atoms with Crippen LogP contribution in [0.15, 0.2) is 5.38 Å². The number of nitrogens with zero attached hydrogens (tertiary/aromatic N) is 1. The maximum absolute atomic E-state index is 10.8. The molecule has 0 saturated heterocycles. The maximum Gasteiger partial charge on any atom is 0.515 e. The molecule has 1 rings (SSSR count). The summed E-state index contributed by atoms with van der Waals surface area (Å²) < 4.78 is 9.29. The number of hydrogen-bond donors (Lipinski definition) is 1. The first kappa shape index (κ1) is 9.94. The minimum absolute atomic E-state index is 0.263. The topological polar surface area (TPSA) is 74.4 Å². The molecule has 13 heavy (non-hydrogen) atoms. The van der Waals surface area contributed by atoms with E-state index in [1.807, 2.05) is 0 Å². The molecule has 2 N–H and O–H groups in total. The van der Waals surface area contributed by atoms with Gasteiger partial charge < -0.3 is 15.2 Å². The minimum Gasteiger partial charge on any atom is -0.434 e. The maximum atomic E-state index is 10.8. The Balaban J connectivity index is 2.49. The van der Waals surface area contributed by atoms with Gasteiger partial charge in [-0.05, 0) is 6.92 Å². The average Bonchev–Trinajstić information content (AvgIpc) is 2.52. The van der Waals surface area contributed by atoms with Gasteiger partial charge in [0.2, 0.25) is 0 Å². The molecule has 5 nitrogen and oxygen atoms in total. The molecular formula is C7H10N2O3S. The molecule has 0 spiro atoms. The van der Waals surface area contributed by atoms with Crippen molar-refractivity contribution in [3.05, 3.63) is 11.1 Å². The number of aromatic nitrogens is 1. The minimum atomic E-state index is -0.736. The van der Waals surface area contributed by atoms with Crippen LogP contribution >= 0.6 is 11.3 Å². The van der Waals surface area contributed by atoms with Gasteiger partial charge >= 0.3 is 6.16 Å². The van der Waals surface area contributed by atoms with Crippen LogP contribution < -0.4 is 10.5 Å². The van der Waals surface area contributed by atoms with Crippen LogP contribution in [0.4, 0.5) is 4.79 Å². The SMILES string of the molecule is CCOC(=O)Oc1nc(CN)cs1. The van der Waals surface area contributed by atoms with Gasteiger partial charge in [-0.3, -0.25) is 0 Å². The molecule has 0 radical (unpaired) electrons. The summed E-state index contributed by atoms with van der Waals surface area (Å²) in [6.45, 7) is 2.32. The molecule has 1 aromatic rings. The lowest BCUT2D eigenvalue weighted by Crippen LogP contribution is -2.10. The van der Waals surface area contributed by atoms with Crippen molar-refractivity contribution in [1.82, 2.24) is 4.98 Å². The van der Waals surface area contributed by atoms with E-state index in [4.69, 9.17) is 10.5 Å². The Labute approximate surface area is 79.5 Å². The van der Waals surface area contributed by atoms with E-state index in [0.717, 1.165) is 0 Å². The Hall–Kier alpha value is -1.14. The third kappa shape index (κ3) is 3.00. The molecule has 1 aromatic heterocycles. The van der Waals surface area contributed by atoms with E-state index in [2.05, 4.69) is 9.72 Å². The summed E-state index contributed by atoms with van der Waals surface area (Å²) in [5.74, 6) is 0. The van der Waals surface area contributed by atoms with Crippen LogP contribution in [-0.2, 0) is 11.3 Å². The highest BCUT2D eigenvalue weighted by Crippen LogP contribution is 2.17. The normalized spacial score (nSPS) is 9.69. The van der Waals surface area contributed by atoms with Crippen molar-refractivity contribution in [3.63, 3.8) is 0 Å². The van der Waals surface area contributed by atoms with Crippen LogP contribution in [0.25, 0.3) is 0 Å². The van der Waals surface area contributed by atoms with Gasteiger partial charge in [0.15, 0.2) is 0 Å². The molecule has 0 aliphatic carbocycles. The predicted molar refractivity (Wildman–Crippen MR) is 47.7 cm³/mol. The molecule has 0 aliphatic rings. The van der Waals surface area contributed by atoms with Crippen molar-refractivity contribution in [1.29, 1.82) is 0 Å². The Morgan fingerprint density at radius 2 is 2.54 bits per heavy atom. The van der Waals surface area contributed by atoms with Crippen LogP contribution in [0.5, 0.6) is 5.19 Å². The Morgan fingerprint density at radius 3 is 3.08 bits per heavy atom. The molecule has 1 heterocycles. The quantitative estimate of drug-likeness (QED) is 0.744. The zero-order chi connectivity index (χ0) is 9.68. The van der Waals surface area contributed by atoms with E-state index >= 15 is 0 Å². The highest BCUT2D eigenvalue weighted by molar-refractivity contribution is 7.11. The summed E-state index contributed by atoms with van der Waals surface area (Å²) in [6.07, 6.45) is -0.736. The monoisotopic (exact) mass is 202 g/mol. The lowest BCUT2D eigenvalue weighted by Gasteiger charge is -1.98. The zero-order valence-corrected chi connectivity index (χ0v) is 7.97. The third-order valence-electron chi connectivity index (χ3n) is 1.17. The molecule has 0 aromatic carbocycles. The highest BCUT2D eigenvalue weighted by Gasteiger charge is 2.08. The average molecular weight is 202 g/mol. The standard InChI is InChI=1S/C7H10N2O3S/c1-2-11-7(10)12-6-9-5(3-8)4-13-6/h4H,2-3,8H2,1H3. The van der Waals surface area contributed by atoms with Gasteiger partial charge in [-0.25, -0.2) is 9.78 Å². The van der Waals surface area contributed by atoms with Gasteiger partial charge in [0.1, 0.15) is 0 Å². The van der Waals surface area contributed by atoms with Gasteiger partial charge in [-0.15, -0.1) is 0 Å². The van der Waals surface area contributed by atoms with Crippen LogP contribution in [-0.4, -0.2) is 17.7 Å². The van der Waals surface area contributed by atoms with Crippen molar-refractivity contribution in [3.8, 4) is 5.19 Å². The van der Waals surface area contributed by atoms with E-state index < -0.39 is 6.16 Å². The number of hydrogen-bond acceptors (Lipinski definition) is 6. The highest BCUT2D eigenvalue weighted by atomic mass is 32.1. The molecule has 6 heteroatoms. The molecule has 72 valence electrons. The predicted octanol–water partition coefficient (Wildman–Crippen LogP) is 1.14. The summed E-state index contributed by atoms with van der Waals surface area (Å²) in [6, 6.07) is 0. The fourth-order valence-electron chi connectivity index (χ4n) is 0.648. The summed E-state index contributed by atoms with van der Waals surface area (Å²) in [4.78, 5) is 14.7. The second-order valence-corrected chi connectivity index (χ2v) is 2.91. The molecule has 0 bridgehead atoms. The number of ether oxygens (including phenoxy) is 2. The smallest absolute Gasteiger partial charge is 0.434 e. The van der Waals surface area contributed by atoms with Crippen molar-refractivity contribution in [2.75, 3.05) is 6.61 Å². The van der Waals surface area contributed by atoms with Gasteiger partial charge in [-0.1, -0.05) is 11.3 Å². The summed E-state index contributed by atoms with van der Waals surface area (Å²) in [7, 11) is 0. The first-order valence-electron chi connectivity index (χ1n) is 3.75. The molecule has 0 unspecified atom stereocenters. The second kappa shape index (κ2) is 4.78. The van der Waals surface area contributed by atoms with Crippen LogP contribution in [0.1, 0.15) is 12.6 Å². The number of carbonyl (C=O) groups is 1. The Kier molecular flexibility index (Phi) is 3.66. The van der Waals surface area contributed by atoms with Gasteiger partial charge in [0, 0.05) is 11.9 Å². The number of rotatable bonds is 3. The lowest BCUT2D eigenvalue weighted by atomic mass is 10.5. The van der Waals surface area contributed by atoms with Crippen molar-refractivity contribution >= 4 is 17.5 Å².